The van der Waals surface area contributed by atoms with E-state index < -0.39 is 0 Å². The SMILES string of the molecule is CC(Cc1ccco1)Nc1ccc(-n2nccn2)cc1. The van der Waals surface area contributed by atoms with Crippen LogP contribution in [0.1, 0.15) is 12.7 Å². The van der Waals surface area contributed by atoms with E-state index in [4.69, 9.17) is 4.42 Å². The van der Waals surface area contributed by atoms with Crippen molar-refractivity contribution in [1.82, 2.24) is 15.0 Å². The molecule has 0 radical (unpaired) electrons. The summed E-state index contributed by atoms with van der Waals surface area (Å²) in [5, 5.41) is 11.6. The first-order valence-corrected chi connectivity index (χ1v) is 6.57. The van der Waals surface area contributed by atoms with Gasteiger partial charge in [-0.05, 0) is 43.3 Å². The maximum Gasteiger partial charge on any atom is 0.105 e. The average Bonchev–Trinajstić information content (AvgIpc) is 3.12. The van der Waals surface area contributed by atoms with E-state index in [0.29, 0.717) is 6.04 Å². The molecule has 2 aromatic heterocycles. The third-order valence-electron chi connectivity index (χ3n) is 3.02. The largest absolute Gasteiger partial charge is 0.469 e. The van der Waals surface area contributed by atoms with Gasteiger partial charge >= 0.3 is 0 Å². The van der Waals surface area contributed by atoms with E-state index in [1.807, 2.05) is 36.4 Å². The molecule has 0 aliphatic rings. The van der Waals surface area contributed by atoms with Crippen LogP contribution in [0, 0.1) is 0 Å². The molecule has 0 fully saturated rings. The number of benzene rings is 1. The summed E-state index contributed by atoms with van der Waals surface area (Å²) in [6.45, 7) is 2.13. The van der Waals surface area contributed by atoms with E-state index in [2.05, 4.69) is 22.4 Å². The van der Waals surface area contributed by atoms with Gasteiger partial charge in [-0.3, -0.25) is 0 Å². The highest BCUT2D eigenvalue weighted by molar-refractivity contribution is 5.48. The summed E-state index contributed by atoms with van der Waals surface area (Å²) < 4.78 is 5.35. The number of hydrogen-bond donors (Lipinski definition) is 1. The zero-order valence-electron chi connectivity index (χ0n) is 11.2. The highest BCUT2D eigenvalue weighted by atomic mass is 16.3. The smallest absolute Gasteiger partial charge is 0.105 e. The van der Waals surface area contributed by atoms with Crippen LogP contribution >= 0.6 is 0 Å². The summed E-state index contributed by atoms with van der Waals surface area (Å²) in [5.74, 6) is 0.988. The molecule has 2 heterocycles. The molecular formula is C15H16N4O. The Balaban J connectivity index is 1.63. The van der Waals surface area contributed by atoms with Crippen LogP contribution in [0.3, 0.4) is 0 Å². The Morgan fingerprint density at radius 1 is 1.15 bits per heavy atom. The Hall–Kier alpha value is -2.56. The van der Waals surface area contributed by atoms with Crippen molar-refractivity contribution in [2.24, 2.45) is 0 Å². The molecule has 1 aromatic carbocycles. The summed E-state index contributed by atoms with van der Waals surface area (Å²) >= 11 is 0. The van der Waals surface area contributed by atoms with Crippen molar-refractivity contribution in [1.29, 1.82) is 0 Å². The lowest BCUT2D eigenvalue weighted by Crippen LogP contribution is -2.17. The Bertz CT molecular complexity index is 629. The van der Waals surface area contributed by atoms with Gasteiger partial charge in [-0.1, -0.05) is 0 Å². The molecule has 1 unspecified atom stereocenters. The molecule has 3 aromatic rings. The summed E-state index contributed by atoms with van der Waals surface area (Å²) in [6.07, 6.45) is 5.89. The van der Waals surface area contributed by atoms with Gasteiger partial charge in [0.2, 0.25) is 0 Å². The van der Waals surface area contributed by atoms with Gasteiger partial charge in [0.05, 0.1) is 24.3 Å². The van der Waals surface area contributed by atoms with Crippen molar-refractivity contribution in [3.63, 3.8) is 0 Å². The quantitative estimate of drug-likeness (QED) is 0.773. The maximum atomic E-state index is 5.35. The molecular weight excluding hydrogens is 252 g/mol. The first-order valence-electron chi connectivity index (χ1n) is 6.57. The molecule has 5 nitrogen and oxygen atoms in total. The predicted molar refractivity (Wildman–Crippen MR) is 76.9 cm³/mol. The predicted octanol–water partition coefficient (Wildman–Crippen LogP) is 2.90. The van der Waals surface area contributed by atoms with E-state index >= 15 is 0 Å². The molecule has 0 saturated heterocycles. The van der Waals surface area contributed by atoms with Gasteiger partial charge < -0.3 is 9.73 Å². The Morgan fingerprint density at radius 3 is 2.55 bits per heavy atom. The van der Waals surface area contributed by atoms with Crippen molar-refractivity contribution in [3.8, 4) is 5.69 Å². The Morgan fingerprint density at radius 2 is 1.90 bits per heavy atom. The number of aromatic nitrogens is 3. The third-order valence-corrected chi connectivity index (χ3v) is 3.02. The topological polar surface area (TPSA) is 55.9 Å². The lowest BCUT2D eigenvalue weighted by Gasteiger charge is -2.14. The Labute approximate surface area is 117 Å². The lowest BCUT2D eigenvalue weighted by atomic mass is 10.2. The molecule has 0 aliphatic carbocycles. The monoisotopic (exact) mass is 268 g/mol. The number of furan rings is 1. The average molecular weight is 268 g/mol. The fraction of sp³-hybridized carbons (Fsp3) is 0.200. The van der Waals surface area contributed by atoms with E-state index in [-0.39, 0.29) is 0 Å². The van der Waals surface area contributed by atoms with Crippen LogP contribution in [0.5, 0.6) is 0 Å². The fourth-order valence-electron chi connectivity index (χ4n) is 2.11. The van der Waals surface area contributed by atoms with Crippen molar-refractivity contribution >= 4 is 5.69 Å². The van der Waals surface area contributed by atoms with Gasteiger partial charge in [-0.15, -0.1) is 0 Å². The minimum absolute atomic E-state index is 0.301. The summed E-state index contributed by atoms with van der Waals surface area (Å²) in [5.41, 5.74) is 2.01. The molecule has 1 atom stereocenters. The van der Waals surface area contributed by atoms with E-state index in [9.17, 15) is 0 Å². The van der Waals surface area contributed by atoms with Crippen molar-refractivity contribution in [2.75, 3.05) is 5.32 Å². The standard InChI is InChI=1S/C15H16N4O/c1-12(11-15-3-2-10-20-15)18-13-4-6-14(7-5-13)19-16-8-9-17-19/h2-10,12,18H,11H2,1H3. The molecule has 102 valence electrons. The van der Waals surface area contributed by atoms with Gasteiger partial charge in [0.25, 0.3) is 0 Å². The summed E-state index contributed by atoms with van der Waals surface area (Å²) in [4.78, 5) is 1.59. The molecule has 0 bridgehead atoms. The minimum atomic E-state index is 0.301. The zero-order chi connectivity index (χ0) is 13.8. The van der Waals surface area contributed by atoms with Crippen molar-refractivity contribution < 1.29 is 4.42 Å². The van der Waals surface area contributed by atoms with E-state index in [1.54, 1.807) is 23.5 Å². The van der Waals surface area contributed by atoms with Crippen molar-refractivity contribution in [3.05, 3.63) is 60.8 Å². The minimum Gasteiger partial charge on any atom is -0.469 e. The highest BCUT2D eigenvalue weighted by Crippen LogP contribution is 2.14. The Kier molecular flexibility index (Phi) is 3.50. The zero-order valence-corrected chi connectivity index (χ0v) is 11.2. The molecule has 0 spiro atoms. The van der Waals surface area contributed by atoms with Crippen LogP contribution < -0.4 is 5.32 Å². The van der Waals surface area contributed by atoms with Crippen LogP contribution in [0.15, 0.2) is 59.5 Å². The van der Waals surface area contributed by atoms with Gasteiger partial charge in [0, 0.05) is 18.2 Å². The van der Waals surface area contributed by atoms with Crippen molar-refractivity contribution in [2.45, 2.75) is 19.4 Å². The first kappa shape index (κ1) is 12.5. The molecule has 3 rings (SSSR count). The van der Waals surface area contributed by atoms with Gasteiger partial charge in [0.1, 0.15) is 5.76 Å². The number of hydrogen-bond acceptors (Lipinski definition) is 4. The van der Waals surface area contributed by atoms with Crippen LogP contribution in [0.4, 0.5) is 5.69 Å². The van der Waals surface area contributed by atoms with Crippen LogP contribution in [-0.4, -0.2) is 21.0 Å². The maximum absolute atomic E-state index is 5.35. The van der Waals surface area contributed by atoms with Gasteiger partial charge in [-0.2, -0.15) is 15.0 Å². The fourth-order valence-corrected chi connectivity index (χ4v) is 2.11. The number of rotatable bonds is 5. The molecule has 0 aliphatic heterocycles. The van der Waals surface area contributed by atoms with E-state index in [1.165, 1.54) is 0 Å². The summed E-state index contributed by atoms with van der Waals surface area (Å²) in [7, 11) is 0. The highest BCUT2D eigenvalue weighted by Gasteiger charge is 2.06. The second-order valence-corrected chi connectivity index (χ2v) is 4.69. The number of nitrogens with one attached hydrogen (secondary N) is 1. The van der Waals surface area contributed by atoms with Crippen LogP contribution in [0.25, 0.3) is 5.69 Å². The summed E-state index contributed by atoms with van der Waals surface area (Å²) in [6, 6.07) is 12.2. The molecule has 0 saturated carbocycles. The molecule has 20 heavy (non-hydrogen) atoms. The van der Waals surface area contributed by atoms with Crippen LogP contribution in [-0.2, 0) is 6.42 Å². The molecule has 5 heteroatoms. The first-order chi connectivity index (χ1) is 9.81. The lowest BCUT2D eigenvalue weighted by molar-refractivity contribution is 0.498. The second kappa shape index (κ2) is 5.61. The number of anilines is 1. The molecule has 1 N–H and O–H groups in total. The third kappa shape index (κ3) is 2.88. The normalized spacial score (nSPS) is 12.2. The molecule has 0 amide bonds. The van der Waals surface area contributed by atoms with E-state index in [0.717, 1.165) is 23.6 Å². The second-order valence-electron chi connectivity index (χ2n) is 4.69. The van der Waals surface area contributed by atoms with Gasteiger partial charge in [-0.25, -0.2) is 0 Å². The van der Waals surface area contributed by atoms with Gasteiger partial charge in [0.15, 0.2) is 0 Å². The van der Waals surface area contributed by atoms with Crippen LogP contribution in [0.2, 0.25) is 0 Å². The number of nitrogens with zero attached hydrogens (tertiary/aromatic N) is 3.